The van der Waals surface area contributed by atoms with Crippen LogP contribution in [-0.2, 0) is 10.3 Å². The smallest absolute Gasteiger partial charge is 0.231 e. The van der Waals surface area contributed by atoms with E-state index in [0.717, 1.165) is 22.1 Å². The van der Waals surface area contributed by atoms with Gasteiger partial charge < -0.3 is 5.32 Å². The highest BCUT2D eigenvalue weighted by molar-refractivity contribution is 7.18. The molecule has 0 radical (unpaired) electrons. The lowest BCUT2D eigenvalue weighted by molar-refractivity contribution is -0.129. The van der Waals surface area contributed by atoms with Crippen molar-refractivity contribution in [2.45, 2.75) is 18.9 Å². The molecule has 2 aromatic heterocycles. The third kappa shape index (κ3) is 2.49. The van der Waals surface area contributed by atoms with E-state index in [9.17, 15) is 4.79 Å². The second-order valence-electron chi connectivity index (χ2n) is 6.51. The first-order valence-electron chi connectivity index (χ1n) is 8.04. The summed E-state index contributed by atoms with van der Waals surface area (Å²) in [6, 6.07) is 10.2. The number of rotatable bonds is 2. The molecule has 1 aliphatic heterocycles. The standard InChI is InChI=1S/C19H18N4OS/c1-19(9-16(24)23(2)18(20)22-19)15-11-25-17-13(6-3-7-14(15)17)12-5-4-8-21-10-12/h3-8,10-11H,9H2,1-2H3,(H2,20,22)/t19-/m0/s1. The highest BCUT2D eigenvalue weighted by atomic mass is 32.1. The van der Waals surface area contributed by atoms with Crippen molar-refractivity contribution in [3.05, 3.63) is 53.7 Å². The van der Waals surface area contributed by atoms with Gasteiger partial charge in [0.05, 0.1) is 12.0 Å². The normalized spacial score (nSPS) is 20.8. The number of carbonyl (C=O) groups excluding carboxylic acids is 1. The van der Waals surface area contributed by atoms with Gasteiger partial charge >= 0.3 is 0 Å². The zero-order valence-corrected chi connectivity index (χ0v) is 14.9. The van der Waals surface area contributed by atoms with Gasteiger partial charge in [-0.25, -0.2) is 0 Å². The fourth-order valence-corrected chi connectivity index (χ4v) is 4.57. The Hall–Kier alpha value is -2.73. The zero-order chi connectivity index (χ0) is 17.6. The van der Waals surface area contributed by atoms with Gasteiger partial charge in [-0.15, -0.1) is 11.3 Å². The predicted molar refractivity (Wildman–Crippen MR) is 101 cm³/mol. The van der Waals surface area contributed by atoms with E-state index in [1.807, 2.05) is 25.3 Å². The molecule has 0 bridgehead atoms. The van der Waals surface area contributed by atoms with Crippen LogP contribution in [0.15, 0.2) is 48.1 Å². The van der Waals surface area contributed by atoms with E-state index in [0.29, 0.717) is 6.42 Å². The van der Waals surface area contributed by atoms with Crippen molar-refractivity contribution in [2.24, 2.45) is 0 Å². The molecule has 1 amide bonds. The van der Waals surface area contributed by atoms with Crippen LogP contribution in [0, 0.1) is 5.41 Å². The van der Waals surface area contributed by atoms with Gasteiger partial charge in [-0.2, -0.15) is 0 Å². The van der Waals surface area contributed by atoms with Crippen LogP contribution >= 0.6 is 11.3 Å². The van der Waals surface area contributed by atoms with Gasteiger partial charge in [0, 0.05) is 35.3 Å². The number of thiophene rings is 1. The molecule has 0 spiro atoms. The highest BCUT2D eigenvalue weighted by Crippen LogP contribution is 2.41. The molecular formula is C19H18N4OS. The van der Waals surface area contributed by atoms with Crippen molar-refractivity contribution in [2.75, 3.05) is 7.05 Å². The number of carbonyl (C=O) groups is 1. The number of guanidine groups is 1. The minimum atomic E-state index is -0.577. The molecule has 5 nitrogen and oxygen atoms in total. The summed E-state index contributed by atoms with van der Waals surface area (Å²) in [6.07, 6.45) is 3.96. The van der Waals surface area contributed by atoms with Crippen molar-refractivity contribution >= 4 is 33.3 Å². The Bertz CT molecular complexity index is 962. The number of hydrogen-bond donors (Lipinski definition) is 2. The van der Waals surface area contributed by atoms with Crippen molar-refractivity contribution in [3.63, 3.8) is 0 Å². The van der Waals surface area contributed by atoms with Crippen LogP contribution < -0.4 is 5.32 Å². The quantitative estimate of drug-likeness (QED) is 0.742. The molecule has 0 unspecified atom stereocenters. The van der Waals surface area contributed by atoms with Gasteiger partial charge in [0.1, 0.15) is 0 Å². The maximum absolute atomic E-state index is 12.3. The van der Waals surface area contributed by atoms with E-state index in [-0.39, 0.29) is 11.9 Å². The second kappa shape index (κ2) is 5.67. The second-order valence-corrected chi connectivity index (χ2v) is 7.39. The van der Waals surface area contributed by atoms with Crippen LogP contribution in [0.5, 0.6) is 0 Å². The number of nitrogens with one attached hydrogen (secondary N) is 2. The van der Waals surface area contributed by atoms with Crippen LogP contribution in [0.1, 0.15) is 18.9 Å². The summed E-state index contributed by atoms with van der Waals surface area (Å²) in [5.74, 6) is 0.0931. The van der Waals surface area contributed by atoms with Crippen LogP contribution in [0.4, 0.5) is 0 Å². The first-order valence-corrected chi connectivity index (χ1v) is 8.92. The fourth-order valence-electron chi connectivity index (χ4n) is 3.33. The molecule has 0 saturated carbocycles. The van der Waals surface area contributed by atoms with Crippen LogP contribution in [0.2, 0.25) is 0 Å². The number of hydrogen-bond acceptors (Lipinski definition) is 4. The van der Waals surface area contributed by atoms with E-state index in [1.54, 1.807) is 24.6 Å². The Balaban J connectivity index is 1.85. The first-order chi connectivity index (χ1) is 12.0. The lowest BCUT2D eigenvalue weighted by Crippen LogP contribution is -2.58. The van der Waals surface area contributed by atoms with E-state index in [4.69, 9.17) is 5.41 Å². The molecule has 3 heterocycles. The molecule has 126 valence electrons. The minimum Gasteiger partial charge on any atom is -0.346 e. The third-order valence-corrected chi connectivity index (χ3v) is 5.80. The average Bonchev–Trinajstić information content (AvgIpc) is 3.05. The molecule has 1 aromatic carbocycles. The molecule has 2 N–H and O–H groups in total. The summed E-state index contributed by atoms with van der Waals surface area (Å²) in [7, 11) is 1.63. The molecule has 1 atom stereocenters. The summed E-state index contributed by atoms with van der Waals surface area (Å²) < 4.78 is 1.17. The Labute approximate surface area is 149 Å². The molecule has 1 fully saturated rings. The molecule has 1 saturated heterocycles. The molecule has 0 aliphatic carbocycles. The van der Waals surface area contributed by atoms with Crippen molar-refractivity contribution in [1.82, 2.24) is 15.2 Å². The van der Waals surface area contributed by atoms with Gasteiger partial charge in [0.15, 0.2) is 5.96 Å². The van der Waals surface area contributed by atoms with Gasteiger partial charge in [-0.05, 0) is 29.3 Å². The number of amides is 1. The summed E-state index contributed by atoms with van der Waals surface area (Å²) in [5, 5.41) is 14.5. The summed E-state index contributed by atoms with van der Waals surface area (Å²) >= 11 is 1.67. The summed E-state index contributed by atoms with van der Waals surface area (Å²) in [4.78, 5) is 17.9. The molecular weight excluding hydrogens is 332 g/mol. The van der Waals surface area contributed by atoms with Gasteiger partial charge in [0.2, 0.25) is 5.91 Å². The maximum atomic E-state index is 12.3. The molecule has 3 aromatic rings. The average molecular weight is 350 g/mol. The molecule has 6 heteroatoms. The number of fused-ring (bicyclic) bond motifs is 1. The number of aromatic nitrogens is 1. The lowest BCUT2D eigenvalue weighted by atomic mass is 9.86. The van der Waals surface area contributed by atoms with E-state index in [2.05, 4.69) is 33.9 Å². The maximum Gasteiger partial charge on any atom is 0.231 e. The van der Waals surface area contributed by atoms with Crippen molar-refractivity contribution < 1.29 is 4.79 Å². The van der Waals surface area contributed by atoms with Crippen LogP contribution in [-0.4, -0.2) is 28.8 Å². The van der Waals surface area contributed by atoms with Crippen LogP contribution in [0.25, 0.3) is 21.2 Å². The summed E-state index contributed by atoms with van der Waals surface area (Å²) in [6.45, 7) is 1.99. The Kier molecular flexibility index (Phi) is 3.58. The van der Waals surface area contributed by atoms with Gasteiger partial charge in [-0.3, -0.25) is 20.1 Å². The van der Waals surface area contributed by atoms with Gasteiger partial charge in [0.25, 0.3) is 0 Å². The first kappa shape index (κ1) is 15.8. The van der Waals surface area contributed by atoms with E-state index >= 15 is 0 Å². The fraction of sp³-hybridized carbons (Fsp3) is 0.211. The number of benzene rings is 1. The predicted octanol–water partition coefficient (Wildman–Crippen LogP) is 3.56. The number of nitrogens with zero attached hydrogens (tertiary/aromatic N) is 2. The lowest BCUT2D eigenvalue weighted by Gasteiger charge is -2.39. The number of pyridine rings is 1. The van der Waals surface area contributed by atoms with Crippen molar-refractivity contribution in [3.8, 4) is 11.1 Å². The highest BCUT2D eigenvalue weighted by Gasteiger charge is 2.39. The largest absolute Gasteiger partial charge is 0.346 e. The van der Waals surface area contributed by atoms with E-state index < -0.39 is 5.54 Å². The summed E-state index contributed by atoms with van der Waals surface area (Å²) in [5.41, 5.74) is 2.70. The van der Waals surface area contributed by atoms with Crippen LogP contribution in [0.3, 0.4) is 0 Å². The van der Waals surface area contributed by atoms with Crippen molar-refractivity contribution in [1.29, 1.82) is 5.41 Å². The van der Waals surface area contributed by atoms with E-state index in [1.165, 1.54) is 9.60 Å². The molecule has 1 aliphatic rings. The Morgan fingerprint density at radius 3 is 2.88 bits per heavy atom. The SMILES string of the molecule is CN1C(=N)N[C@](C)(c2csc3c(-c4cccnc4)cccc23)CC1=O. The third-order valence-electron chi connectivity index (χ3n) is 4.78. The topological polar surface area (TPSA) is 69.1 Å². The zero-order valence-electron chi connectivity index (χ0n) is 14.0. The Morgan fingerprint density at radius 1 is 1.32 bits per heavy atom. The molecule has 4 rings (SSSR count). The Morgan fingerprint density at radius 2 is 2.16 bits per heavy atom. The monoisotopic (exact) mass is 350 g/mol. The molecule has 25 heavy (non-hydrogen) atoms. The minimum absolute atomic E-state index is 0.0472. The van der Waals surface area contributed by atoms with Gasteiger partial charge in [-0.1, -0.05) is 24.3 Å².